The summed E-state index contributed by atoms with van der Waals surface area (Å²) in [5.74, 6) is -0.474. The highest BCUT2D eigenvalue weighted by molar-refractivity contribution is 6.30. The Balaban J connectivity index is 3.28. The summed E-state index contributed by atoms with van der Waals surface area (Å²) in [6, 6.07) is 2.86. The van der Waals surface area contributed by atoms with Crippen LogP contribution in [0, 0.1) is 17.1 Å². The molecule has 2 nitrogen and oxygen atoms in total. The normalized spacial score (nSPS) is 9.50. The lowest BCUT2D eigenvalue weighted by atomic mass is 10.2. The van der Waals surface area contributed by atoms with Crippen LogP contribution in [0.25, 0.3) is 0 Å². The Bertz CT molecular complexity index is 343. The third-order valence-corrected chi connectivity index (χ3v) is 1.75. The van der Waals surface area contributed by atoms with Crippen molar-refractivity contribution in [3.63, 3.8) is 0 Å². The standard InChI is InChI=1S/C8H6ClFN2/c1-2-7-6(10)3-5(4-11)8(9)12-7/h3H,2H2,1H3. The number of hydrogen-bond donors (Lipinski definition) is 0. The molecule has 0 saturated heterocycles. The molecular formula is C8H6ClFN2. The number of aromatic nitrogens is 1. The molecule has 0 atom stereocenters. The fraction of sp³-hybridized carbons (Fsp3) is 0.250. The Hall–Kier alpha value is -1.14. The highest BCUT2D eigenvalue weighted by Gasteiger charge is 2.07. The van der Waals surface area contributed by atoms with E-state index >= 15 is 0 Å². The largest absolute Gasteiger partial charge is 0.237 e. The van der Waals surface area contributed by atoms with Crippen molar-refractivity contribution < 1.29 is 4.39 Å². The molecule has 0 fully saturated rings. The van der Waals surface area contributed by atoms with E-state index in [4.69, 9.17) is 16.9 Å². The fourth-order valence-electron chi connectivity index (χ4n) is 0.828. The minimum Gasteiger partial charge on any atom is -0.237 e. The molecule has 0 aliphatic heterocycles. The fourth-order valence-corrected chi connectivity index (χ4v) is 1.03. The van der Waals surface area contributed by atoms with Crippen LogP contribution in [0.2, 0.25) is 5.15 Å². The van der Waals surface area contributed by atoms with Crippen LogP contribution in [0.5, 0.6) is 0 Å². The van der Waals surface area contributed by atoms with Gasteiger partial charge in [-0.3, -0.25) is 0 Å². The molecule has 0 aliphatic rings. The lowest BCUT2D eigenvalue weighted by molar-refractivity contribution is 0.601. The molecule has 0 aromatic carbocycles. The van der Waals surface area contributed by atoms with Crippen molar-refractivity contribution >= 4 is 11.6 Å². The third kappa shape index (κ3) is 1.54. The summed E-state index contributed by atoms with van der Waals surface area (Å²) in [7, 11) is 0. The molecule has 62 valence electrons. The summed E-state index contributed by atoms with van der Waals surface area (Å²) >= 11 is 5.58. The van der Waals surface area contributed by atoms with E-state index in [-0.39, 0.29) is 10.7 Å². The van der Waals surface area contributed by atoms with E-state index in [0.717, 1.165) is 6.07 Å². The van der Waals surface area contributed by atoms with Crippen molar-refractivity contribution in [2.45, 2.75) is 13.3 Å². The SMILES string of the molecule is CCc1nc(Cl)c(C#N)cc1F. The van der Waals surface area contributed by atoms with Gasteiger partial charge in [0.05, 0.1) is 11.3 Å². The predicted molar refractivity (Wildman–Crippen MR) is 43.3 cm³/mol. The smallest absolute Gasteiger partial charge is 0.147 e. The summed E-state index contributed by atoms with van der Waals surface area (Å²) in [4.78, 5) is 3.73. The molecule has 4 heteroatoms. The molecule has 12 heavy (non-hydrogen) atoms. The van der Waals surface area contributed by atoms with E-state index in [9.17, 15) is 4.39 Å². The maximum absolute atomic E-state index is 12.9. The molecule has 0 bridgehead atoms. The minimum atomic E-state index is -0.474. The van der Waals surface area contributed by atoms with Crippen LogP contribution in [0.3, 0.4) is 0 Å². The highest BCUT2D eigenvalue weighted by atomic mass is 35.5. The second kappa shape index (κ2) is 3.51. The van der Waals surface area contributed by atoms with Gasteiger partial charge in [-0.15, -0.1) is 0 Å². The first kappa shape index (κ1) is 8.95. The summed E-state index contributed by atoms with van der Waals surface area (Å²) < 4.78 is 12.9. The topological polar surface area (TPSA) is 36.7 Å². The second-order valence-corrected chi connectivity index (χ2v) is 2.58. The molecule has 0 N–H and O–H groups in total. The van der Waals surface area contributed by atoms with Gasteiger partial charge in [0.15, 0.2) is 0 Å². The molecule has 1 heterocycles. The van der Waals surface area contributed by atoms with Gasteiger partial charge in [0, 0.05) is 0 Å². The Labute approximate surface area is 74.6 Å². The van der Waals surface area contributed by atoms with Crippen molar-refractivity contribution in [2.24, 2.45) is 0 Å². The van der Waals surface area contributed by atoms with Crippen LogP contribution in [-0.4, -0.2) is 4.98 Å². The van der Waals surface area contributed by atoms with Crippen molar-refractivity contribution in [1.29, 1.82) is 5.26 Å². The molecule has 0 unspecified atom stereocenters. The molecule has 0 amide bonds. The number of nitrogens with zero attached hydrogens (tertiary/aromatic N) is 2. The monoisotopic (exact) mass is 184 g/mol. The highest BCUT2D eigenvalue weighted by Crippen LogP contribution is 2.16. The van der Waals surface area contributed by atoms with Gasteiger partial charge in [-0.1, -0.05) is 18.5 Å². The van der Waals surface area contributed by atoms with Crippen LogP contribution in [0.15, 0.2) is 6.07 Å². The van der Waals surface area contributed by atoms with E-state index < -0.39 is 5.82 Å². The molecular weight excluding hydrogens is 179 g/mol. The number of aryl methyl sites for hydroxylation is 1. The number of hydrogen-bond acceptors (Lipinski definition) is 2. The molecule has 0 radical (unpaired) electrons. The molecule has 0 spiro atoms. The average Bonchev–Trinajstić information content (AvgIpc) is 2.08. The maximum Gasteiger partial charge on any atom is 0.147 e. The summed E-state index contributed by atoms with van der Waals surface area (Å²) in [6.07, 6.45) is 0.470. The predicted octanol–water partition coefficient (Wildman–Crippen LogP) is 2.31. The van der Waals surface area contributed by atoms with E-state index in [1.54, 1.807) is 13.0 Å². The van der Waals surface area contributed by atoms with E-state index in [1.165, 1.54) is 0 Å². The zero-order chi connectivity index (χ0) is 9.14. The summed E-state index contributed by atoms with van der Waals surface area (Å²) in [5.41, 5.74) is 0.366. The zero-order valence-corrected chi connectivity index (χ0v) is 7.19. The van der Waals surface area contributed by atoms with Crippen LogP contribution < -0.4 is 0 Å². The van der Waals surface area contributed by atoms with Crippen LogP contribution >= 0.6 is 11.6 Å². The lowest BCUT2D eigenvalue weighted by Gasteiger charge is -1.99. The van der Waals surface area contributed by atoms with Gasteiger partial charge in [0.25, 0.3) is 0 Å². The molecule has 1 aromatic rings. The van der Waals surface area contributed by atoms with Gasteiger partial charge in [-0.05, 0) is 12.5 Å². The number of halogens is 2. The van der Waals surface area contributed by atoms with Gasteiger partial charge in [0.1, 0.15) is 17.0 Å². The maximum atomic E-state index is 12.9. The summed E-state index contributed by atoms with van der Waals surface area (Å²) in [6.45, 7) is 1.77. The summed E-state index contributed by atoms with van der Waals surface area (Å²) in [5, 5.41) is 8.53. The van der Waals surface area contributed by atoms with E-state index in [0.29, 0.717) is 12.1 Å². The van der Waals surface area contributed by atoms with E-state index in [2.05, 4.69) is 4.98 Å². The lowest BCUT2D eigenvalue weighted by Crippen LogP contribution is -1.95. The van der Waals surface area contributed by atoms with Crippen LogP contribution in [0.4, 0.5) is 4.39 Å². The average molecular weight is 185 g/mol. The minimum absolute atomic E-state index is 0.0655. The zero-order valence-electron chi connectivity index (χ0n) is 6.43. The van der Waals surface area contributed by atoms with E-state index in [1.807, 2.05) is 0 Å². The molecule has 1 aromatic heterocycles. The van der Waals surface area contributed by atoms with Gasteiger partial charge in [-0.25, -0.2) is 9.37 Å². The van der Waals surface area contributed by atoms with Crippen LogP contribution in [-0.2, 0) is 6.42 Å². The van der Waals surface area contributed by atoms with Crippen molar-refractivity contribution in [2.75, 3.05) is 0 Å². The quantitative estimate of drug-likeness (QED) is 0.628. The molecule has 0 saturated carbocycles. The van der Waals surface area contributed by atoms with Gasteiger partial charge >= 0.3 is 0 Å². The Morgan fingerprint density at radius 3 is 2.92 bits per heavy atom. The first-order valence-corrected chi connectivity index (χ1v) is 3.81. The molecule has 0 aliphatic carbocycles. The van der Waals surface area contributed by atoms with Gasteiger partial charge in [0.2, 0.25) is 0 Å². The van der Waals surface area contributed by atoms with Crippen molar-refractivity contribution in [1.82, 2.24) is 4.98 Å². The Morgan fingerprint density at radius 1 is 1.75 bits per heavy atom. The van der Waals surface area contributed by atoms with Gasteiger partial charge in [-0.2, -0.15) is 5.26 Å². The third-order valence-electron chi connectivity index (χ3n) is 1.46. The van der Waals surface area contributed by atoms with Crippen molar-refractivity contribution in [3.8, 4) is 6.07 Å². The van der Waals surface area contributed by atoms with Crippen molar-refractivity contribution in [3.05, 3.63) is 28.3 Å². The first-order valence-electron chi connectivity index (χ1n) is 3.44. The Morgan fingerprint density at radius 2 is 2.42 bits per heavy atom. The first-order chi connectivity index (χ1) is 5.69. The number of pyridine rings is 1. The van der Waals surface area contributed by atoms with Crippen LogP contribution in [0.1, 0.15) is 18.2 Å². The second-order valence-electron chi connectivity index (χ2n) is 2.22. The number of rotatable bonds is 1. The Kier molecular flexibility index (Phi) is 2.61. The number of nitriles is 1. The molecule has 1 rings (SSSR count). The van der Waals surface area contributed by atoms with Gasteiger partial charge < -0.3 is 0 Å².